The lowest BCUT2D eigenvalue weighted by molar-refractivity contribution is -0.145. The third-order valence-corrected chi connectivity index (χ3v) is 5.26. The van der Waals surface area contributed by atoms with Crippen molar-refractivity contribution in [3.63, 3.8) is 0 Å². The first-order valence-electron chi connectivity index (χ1n) is 11.2. The summed E-state index contributed by atoms with van der Waals surface area (Å²) in [5, 5.41) is 19.6. The van der Waals surface area contributed by atoms with Gasteiger partial charge in [-0.1, -0.05) is 49.7 Å². The molecule has 3 aromatic rings. The van der Waals surface area contributed by atoms with Crippen molar-refractivity contribution in [2.75, 3.05) is 13.2 Å². The van der Waals surface area contributed by atoms with Crippen LogP contribution in [0.15, 0.2) is 72.8 Å². The van der Waals surface area contributed by atoms with Crippen molar-refractivity contribution in [2.24, 2.45) is 0 Å². The number of phenolic OH excluding ortho intramolecular Hbond substituents is 2. The molecule has 3 aromatic carbocycles. The summed E-state index contributed by atoms with van der Waals surface area (Å²) < 4.78 is 10.5. The molecule has 0 aliphatic rings. The molecule has 0 amide bonds. The largest absolute Gasteiger partial charge is 0.508 e. The molecular weight excluding hydrogens is 416 g/mol. The van der Waals surface area contributed by atoms with Crippen molar-refractivity contribution in [1.82, 2.24) is 0 Å². The molecule has 0 radical (unpaired) electrons. The molecule has 0 atom stereocenters. The van der Waals surface area contributed by atoms with E-state index >= 15 is 0 Å². The zero-order valence-electron chi connectivity index (χ0n) is 19.1. The Hall–Kier alpha value is -3.73. The van der Waals surface area contributed by atoms with Gasteiger partial charge in [-0.3, -0.25) is 0 Å². The average molecular weight is 447 g/mol. The van der Waals surface area contributed by atoms with Crippen LogP contribution in [0.1, 0.15) is 49.8 Å². The summed E-state index contributed by atoms with van der Waals surface area (Å²) in [6.07, 6.45) is 2.91. The number of allylic oxidation sites excluding steroid dienone is 1. The average Bonchev–Trinajstić information content (AvgIpc) is 2.83. The van der Waals surface area contributed by atoms with E-state index in [1.165, 1.54) is 0 Å². The highest BCUT2D eigenvalue weighted by atomic mass is 16.6. The Kier molecular flexibility index (Phi) is 8.53. The number of ether oxygens (including phenoxy) is 2. The predicted molar refractivity (Wildman–Crippen MR) is 130 cm³/mol. The van der Waals surface area contributed by atoms with Crippen molar-refractivity contribution < 1.29 is 24.5 Å². The van der Waals surface area contributed by atoms with Gasteiger partial charge in [-0.25, -0.2) is 4.79 Å². The van der Waals surface area contributed by atoms with Crippen LogP contribution in [0, 0.1) is 0 Å². The number of carbonyl (C=O) groups is 1. The van der Waals surface area contributed by atoms with E-state index < -0.39 is 5.97 Å². The van der Waals surface area contributed by atoms with Crippen molar-refractivity contribution in [3.8, 4) is 17.2 Å². The van der Waals surface area contributed by atoms with E-state index in [-0.39, 0.29) is 18.1 Å². The van der Waals surface area contributed by atoms with Crippen molar-refractivity contribution in [2.45, 2.75) is 33.1 Å². The topological polar surface area (TPSA) is 76.0 Å². The Balaban J connectivity index is 2.04. The zero-order chi connectivity index (χ0) is 23.6. The first-order chi connectivity index (χ1) is 16.0. The van der Waals surface area contributed by atoms with Crippen LogP contribution >= 0.6 is 0 Å². The fourth-order valence-electron chi connectivity index (χ4n) is 3.64. The van der Waals surface area contributed by atoms with E-state index in [0.717, 1.165) is 47.1 Å². The van der Waals surface area contributed by atoms with Crippen LogP contribution in [0.2, 0.25) is 0 Å². The molecule has 0 aliphatic carbocycles. The second kappa shape index (κ2) is 11.8. The van der Waals surface area contributed by atoms with Gasteiger partial charge < -0.3 is 19.7 Å². The maximum Gasteiger partial charge on any atom is 0.344 e. The minimum absolute atomic E-state index is 0.127. The summed E-state index contributed by atoms with van der Waals surface area (Å²) in [7, 11) is 0. The van der Waals surface area contributed by atoms with E-state index in [1.807, 2.05) is 48.5 Å². The van der Waals surface area contributed by atoms with E-state index in [1.54, 1.807) is 31.2 Å². The number of hydrogen-bond acceptors (Lipinski definition) is 5. The van der Waals surface area contributed by atoms with Gasteiger partial charge in [0.15, 0.2) is 6.61 Å². The summed E-state index contributed by atoms with van der Waals surface area (Å²) in [4.78, 5) is 11.6. The summed E-state index contributed by atoms with van der Waals surface area (Å²) in [5.41, 5.74) is 5.20. The summed E-state index contributed by atoms with van der Waals surface area (Å²) in [6, 6.07) is 22.0. The molecule has 0 spiro atoms. The molecule has 0 fully saturated rings. The number of benzene rings is 3. The molecule has 5 heteroatoms. The Morgan fingerprint density at radius 2 is 1.27 bits per heavy atom. The van der Waals surface area contributed by atoms with Gasteiger partial charge in [0.2, 0.25) is 0 Å². The van der Waals surface area contributed by atoms with Crippen LogP contribution in [-0.2, 0) is 9.53 Å². The summed E-state index contributed by atoms with van der Waals surface area (Å²) in [6.45, 7) is 4.11. The zero-order valence-corrected chi connectivity index (χ0v) is 19.1. The fraction of sp³-hybridized carbons (Fsp3) is 0.250. The smallest absolute Gasteiger partial charge is 0.344 e. The third-order valence-electron chi connectivity index (χ3n) is 5.26. The quantitative estimate of drug-likeness (QED) is 0.287. The predicted octanol–water partition coefficient (Wildman–Crippen LogP) is 6.19. The molecule has 2 N–H and O–H groups in total. The van der Waals surface area contributed by atoms with Gasteiger partial charge in [0.05, 0.1) is 6.61 Å². The second-order valence-electron chi connectivity index (χ2n) is 7.67. The van der Waals surface area contributed by atoms with Crippen molar-refractivity contribution >= 4 is 17.1 Å². The van der Waals surface area contributed by atoms with E-state index in [0.29, 0.717) is 12.4 Å². The SMILES string of the molecule is CCCCC(=C(c1ccc(O)cc1)c1ccc(O)cc1)c1ccc(OCC(=O)OCC)cc1. The molecular formula is C28H30O5. The number of aromatic hydroxyl groups is 2. The first kappa shape index (κ1) is 23.9. The molecule has 0 saturated heterocycles. The van der Waals surface area contributed by atoms with Gasteiger partial charge >= 0.3 is 5.97 Å². The van der Waals surface area contributed by atoms with Gasteiger partial charge in [0, 0.05) is 0 Å². The Morgan fingerprint density at radius 1 is 0.758 bits per heavy atom. The molecule has 0 bridgehead atoms. The Bertz CT molecular complexity index is 1020. The highest BCUT2D eigenvalue weighted by molar-refractivity contribution is 5.98. The monoisotopic (exact) mass is 446 g/mol. The number of rotatable bonds is 10. The van der Waals surface area contributed by atoms with Crippen molar-refractivity contribution in [3.05, 3.63) is 89.5 Å². The molecule has 172 valence electrons. The lowest BCUT2D eigenvalue weighted by atomic mass is 9.87. The number of carbonyl (C=O) groups excluding carboxylic acids is 1. The van der Waals surface area contributed by atoms with Crippen LogP contribution in [0.3, 0.4) is 0 Å². The van der Waals surface area contributed by atoms with Crippen LogP contribution in [0.25, 0.3) is 11.1 Å². The van der Waals surface area contributed by atoms with E-state index in [2.05, 4.69) is 6.92 Å². The van der Waals surface area contributed by atoms with Crippen molar-refractivity contribution in [1.29, 1.82) is 0 Å². The van der Waals surface area contributed by atoms with Gasteiger partial charge in [-0.15, -0.1) is 0 Å². The molecule has 5 nitrogen and oxygen atoms in total. The number of unbranched alkanes of at least 4 members (excludes halogenated alkanes) is 1. The maximum absolute atomic E-state index is 11.6. The van der Waals surface area contributed by atoms with Gasteiger partial charge in [0.1, 0.15) is 17.2 Å². The van der Waals surface area contributed by atoms with Gasteiger partial charge in [0.25, 0.3) is 0 Å². The van der Waals surface area contributed by atoms with Crippen LogP contribution in [-0.4, -0.2) is 29.4 Å². The standard InChI is InChI=1S/C28H30O5/c1-3-5-6-26(20-11-17-25(18-12-20)33-19-27(31)32-4-2)28(21-7-13-23(29)14-8-21)22-9-15-24(30)16-10-22/h7-18,29-30H,3-6,19H2,1-2H3. The fourth-order valence-corrected chi connectivity index (χ4v) is 3.64. The minimum atomic E-state index is -0.396. The molecule has 0 aromatic heterocycles. The molecule has 33 heavy (non-hydrogen) atoms. The lowest BCUT2D eigenvalue weighted by Gasteiger charge is -2.18. The Morgan fingerprint density at radius 3 is 1.76 bits per heavy atom. The van der Waals surface area contributed by atoms with E-state index in [9.17, 15) is 15.0 Å². The number of esters is 1. The normalized spacial score (nSPS) is 10.5. The van der Waals surface area contributed by atoms with Crippen LogP contribution < -0.4 is 4.74 Å². The minimum Gasteiger partial charge on any atom is -0.508 e. The third kappa shape index (κ3) is 6.62. The maximum atomic E-state index is 11.6. The first-order valence-corrected chi connectivity index (χ1v) is 11.2. The van der Waals surface area contributed by atoms with E-state index in [4.69, 9.17) is 9.47 Å². The van der Waals surface area contributed by atoms with Gasteiger partial charge in [-0.05, 0) is 84.0 Å². The summed E-state index contributed by atoms with van der Waals surface area (Å²) in [5.74, 6) is 0.619. The highest BCUT2D eigenvalue weighted by Gasteiger charge is 2.15. The van der Waals surface area contributed by atoms with Gasteiger partial charge in [-0.2, -0.15) is 0 Å². The molecule has 3 rings (SSSR count). The lowest BCUT2D eigenvalue weighted by Crippen LogP contribution is -2.14. The number of hydrogen-bond donors (Lipinski definition) is 2. The van der Waals surface area contributed by atoms with Crippen LogP contribution in [0.4, 0.5) is 0 Å². The molecule has 0 unspecified atom stereocenters. The molecule has 0 heterocycles. The Labute approximate surface area is 194 Å². The number of phenols is 2. The molecule has 0 aliphatic heterocycles. The second-order valence-corrected chi connectivity index (χ2v) is 7.67. The molecule has 0 saturated carbocycles. The van der Waals surface area contributed by atoms with Crippen LogP contribution in [0.5, 0.6) is 17.2 Å². The summed E-state index contributed by atoms with van der Waals surface area (Å²) >= 11 is 0. The highest BCUT2D eigenvalue weighted by Crippen LogP contribution is 2.37.